The lowest BCUT2D eigenvalue weighted by atomic mass is 9.99. The van der Waals surface area contributed by atoms with Gasteiger partial charge in [-0.2, -0.15) is 0 Å². The molecule has 1 aromatic heterocycles. The summed E-state index contributed by atoms with van der Waals surface area (Å²) >= 11 is 12.0. The Hall–Kier alpha value is -3.72. The number of hydrogen-bond acceptors (Lipinski definition) is 4. The van der Waals surface area contributed by atoms with E-state index in [1.807, 2.05) is 0 Å². The van der Waals surface area contributed by atoms with E-state index < -0.39 is 23.8 Å². The van der Waals surface area contributed by atoms with Crippen molar-refractivity contribution in [1.82, 2.24) is 15.3 Å². The molecule has 188 valence electrons. The molecule has 0 aliphatic carbocycles. The number of nitrogens with zero attached hydrogens (tertiary/aromatic N) is 3. The predicted octanol–water partition coefficient (Wildman–Crippen LogP) is 5.42. The van der Waals surface area contributed by atoms with Gasteiger partial charge in [0.05, 0.1) is 40.0 Å². The smallest absolute Gasteiger partial charge is 0.272 e. The van der Waals surface area contributed by atoms with Crippen LogP contribution in [0, 0.1) is 5.82 Å². The van der Waals surface area contributed by atoms with E-state index in [2.05, 4.69) is 20.3 Å². The van der Waals surface area contributed by atoms with Gasteiger partial charge in [-0.05, 0) is 36.4 Å². The summed E-state index contributed by atoms with van der Waals surface area (Å²) in [7, 11) is 0. The maximum Gasteiger partial charge on any atom is 0.272 e. The van der Waals surface area contributed by atoms with E-state index in [1.54, 1.807) is 48.7 Å². The average Bonchev–Trinajstić information content (AvgIpc) is 3.37. The summed E-state index contributed by atoms with van der Waals surface area (Å²) < 4.78 is 14.9. The van der Waals surface area contributed by atoms with Crippen LogP contribution in [0.1, 0.15) is 27.2 Å². The second kappa shape index (κ2) is 11.1. The molecule has 0 saturated heterocycles. The van der Waals surface area contributed by atoms with Crippen molar-refractivity contribution in [1.29, 1.82) is 0 Å². The van der Waals surface area contributed by atoms with Crippen molar-refractivity contribution < 1.29 is 14.0 Å². The third kappa shape index (κ3) is 5.36. The van der Waals surface area contributed by atoms with Crippen LogP contribution in [-0.4, -0.2) is 33.7 Å². The molecule has 0 radical (unpaired) electrons. The molecule has 0 bridgehead atoms. The number of halogens is 4. The van der Waals surface area contributed by atoms with E-state index in [1.165, 1.54) is 35.5 Å². The Balaban J connectivity index is 0.00000320. The maximum absolute atomic E-state index is 14.9. The quantitative estimate of drug-likeness (QED) is 0.343. The molecule has 2 N–H and O–H groups in total. The zero-order valence-electron chi connectivity index (χ0n) is 19.0. The molecule has 0 spiro atoms. The van der Waals surface area contributed by atoms with Gasteiger partial charge in [0.2, 0.25) is 6.17 Å². The van der Waals surface area contributed by atoms with Gasteiger partial charge < -0.3 is 15.2 Å². The minimum atomic E-state index is -1.35. The third-order valence-corrected chi connectivity index (χ3v) is 6.41. The number of fused-ring (bicyclic) bond motifs is 1. The Bertz CT molecular complexity index is 1490. The Morgan fingerprint density at radius 2 is 1.76 bits per heavy atom. The molecule has 3 aromatic carbocycles. The highest BCUT2D eigenvalue weighted by molar-refractivity contribution is 6.42. The summed E-state index contributed by atoms with van der Waals surface area (Å²) in [5.41, 5.74) is 2.37. The fraction of sp³-hybridized carbons (Fsp3) is 0.0769. The molecule has 1 aliphatic heterocycles. The van der Waals surface area contributed by atoms with Gasteiger partial charge in [-0.3, -0.25) is 9.59 Å². The van der Waals surface area contributed by atoms with Gasteiger partial charge in [-0.25, -0.2) is 14.4 Å². The van der Waals surface area contributed by atoms with Crippen LogP contribution in [0.15, 0.2) is 84.2 Å². The van der Waals surface area contributed by atoms with Crippen LogP contribution >= 0.6 is 35.6 Å². The molecule has 4 aromatic rings. The third-order valence-electron chi connectivity index (χ3n) is 5.67. The number of carbonyl (C=O) groups excluding carboxylic acids is 2. The number of amides is 2. The lowest BCUT2D eigenvalue weighted by Crippen LogP contribution is -2.47. The molecule has 11 heteroatoms. The summed E-state index contributed by atoms with van der Waals surface area (Å²) in [5, 5.41) is 3.15. The first kappa shape index (κ1) is 26.3. The number of carbonyl (C=O) groups is 2. The van der Waals surface area contributed by atoms with Gasteiger partial charge in [0.25, 0.3) is 11.8 Å². The van der Waals surface area contributed by atoms with E-state index >= 15 is 0 Å². The second-order valence-electron chi connectivity index (χ2n) is 7.98. The zero-order chi connectivity index (χ0) is 25.2. The Morgan fingerprint density at radius 1 is 1.03 bits per heavy atom. The van der Waals surface area contributed by atoms with Crippen molar-refractivity contribution in [3.63, 3.8) is 0 Å². The Kier molecular flexibility index (Phi) is 7.92. The van der Waals surface area contributed by atoms with E-state index in [0.29, 0.717) is 22.0 Å². The molecule has 0 fully saturated rings. The number of rotatable bonds is 5. The van der Waals surface area contributed by atoms with E-state index in [9.17, 15) is 14.0 Å². The highest BCUT2D eigenvalue weighted by atomic mass is 35.5. The molecule has 37 heavy (non-hydrogen) atoms. The van der Waals surface area contributed by atoms with Crippen LogP contribution in [-0.2, 0) is 11.3 Å². The van der Waals surface area contributed by atoms with Gasteiger partial charge in [0.1, 0.15) is 5.82 Å². The average molecular weight is 559 g/mol. The molecule has 0 unspecified atom stereocenters. The molecule has 2 amide bonds. The fourth-order valence-electron chi connectivity index (χ4n) is 3.94. The maximum atomic E-state index is 14.9. The van der Waals surface area contributed by atoms with Crippen molar-refractivity contribution >= 4 is 58.8 Å². The van der Waals surface area contributed by atoms with Crippen LogP contribution in [0.2, 0.25) is 10.0 Å². The van der Waals surface area contributed by atoms with Crippen LogP contribution in [0.3, 0.4) is 0 Å². The van der Waals surface area contributed by atoms with Crippen LogP contribution in [0.4, 0.5) is 10.1 Å². The van der Waals surface area contributed by atoms with Gasteiger partial charge in [-0.15, -0.1) is 12.4 Å². The van der Waals surface area contributed by atoms with Gasteiger partial charge in [0.15, 0.2) is 0 Å². The number of imidazole rings is 1. The van der Waals surface area contributed by atoms with Crippen molar-refractivity contribution in [2.75, 3.05) is 4.90 Å². The molecule has 1 atom stereocenters. The number of anilines is 1. The fourth-order valence-corrected chi connectivity index (χ4v) is 4.24. The van der Waals surface area contributed by atoms with Crippen molar-refractivity contribution in [2.45, 2.75) is 12.7 Å². The predicted molar refractivity (Wildman–Crippen MR) is 143 cm³/mol. The molecule has 1 aliphatic rings. The number of benzodiazepines with no additional fused rings is 1. The number of aromatic nitrogens is 2. The highest BCUT2D eigenvalue weighted by Crippen LogP contribution is 2.30. The van der Waals surface area contributed by atoms with Crippen molar-refractivity contribution in [3.05, 3.63) is 118 Å². The monoisotopic (exact) mass is 557 g/mol. The van der Waals surface area contributed by atoms with Crippen LogP contribution in [0.25, 0.3) is 0 Å². The standard InChI is InChI=1S/C26H18Cl2FN5O2.ClH/c27-19-10-9-15(11-20(19)28)25(35)33-24-26(36)34(13-16-12-30-14-31-16)22-8-4-2-6-18(22)23(32-24)17-5-1-3-7-21(17)29;/h1-12,14,24H,13H2,(H,30,31)(H,33,35);1H/t24-;/m1./s1. The first-order valence-electron chi connectivity index (χ1n) is 10.9. The molecule has 7 nitrogen and oxygen atoms in total. The second-order valence-corrected chi connectivity index (χ2v) is 8.80. The number of benzene rings is 3. The molecule has 0 saturated carbocycles. The molecule has 5 rings (SSSR count). The summed E-state index contributed by atoms with van der Waals surface area (Å²) in [5.74, 6) is -1.59. The summed E-state index contributed by atoms with van der Waals surface area (Å²) in [6, 6.07) is 17.6. The summed E-state index contributed by atoms with van der Waals surface area (Å²) in [6.07, 6.45) is 1.76. The van der Waals surface area contributed by atoms with Crippen molar-refractivity contribution in [2.24, 2.45) is 4.99 Å². The van der Waals surface area contributed by atoms with Gasteiger partial charge in [0, 0.05) is 22.9 Å². The minimum Gasteiger partial charge on any atom is -0.347 e. The van der Waals surface area contributed by atoms with E-state index in [0.717, 1.165) is 0 Å². The van der Waals surface area contributed by atoms with Crippen LogP contribution < -0.4 is 10.2 Å². The highest BCUT2D eigenvalue weighted by Gasteiger charge is 2.34. The lowest BCUT2D eigenvalue weighted by molar-refractivity contribution is -0.120. The number of aromatic amines is 1. The number of aliphatic imine (C=N–C) groups is 1. The van der Waals surface area contributed by atoms with E-state index in [4.69, 9.17) is 23.2 Å². The minimum absolute atomic E-state index is 0. The topological polar surface area (TPSA) is 90.4 Å². The number of hydrogen-bond donors (Lipinski definition) is 2. The Labute approximate surface area is 227 Å². The molecule has 2 heterocycles. The van der Waals surface area contributed by atoms with Crippen molar-refractivity contribution in [3.8, 4) is 0 Å². The first-order valence-corrected chi connectivity index (χ1v) is 11.6. The largest absolute Gasteiger partial charge is 0.347 e. The normalized spacial score (nSPS) is 14.8. The molecular weight excluding hydrogens is 540 g/mol. The Morgan fingerprint density at radius 3 is 2.46 bits per heavy atom. The summed E-state index contributed by atoms with van der Waals surface area (Å²) in [6.45, 7) is 0.134. The number of H-pyrrole nitrogens is 1. The van der Waals surface area contributed by atoms with Gasteiger partial charge >= 0.3 is 0 Å². The van der Waals surface area contributed by atoms with Crippen LogP contribution in [0.5, 0.6) is 0 Å². The zero-order valence-corrected chi connectivity index (χ0v) is 21.3. The molecular formula is C26H19Cl3FN5O2. The summed E-state index contributed by atoms with van der Waals surface area (Å²) in [4.78, 5) is 40.0. The van der Waals surface area contributed by atoms with E-state index in [-0.39, 0.29) is 40.8 Å². The first-order chi connectivity index (χ1) is 17.4. The number of nitrogens with one attached hydrogen (secondary N) is 2. The lowest BCUT2D eigenvalue weighted by Gasteiger charge is -2.25. The SMILES string of the molecule is Cl.O=C(N[C@H]1N=C(c2ccccc2F)c2ccccc2N(Cc2cnc[nH]2)C1=O)c1ccc(Cl)c(Cl)c1. The van der Waals surface area contributed by atoms with Gasteiger partial charge in [-0.1, -0.05) is 53.5 Å². The number of para-hydroxylation sites is 1.